The van der Waals surface area contributed by atoms with Crippen LogP contribution in [0.25, 0.3) is 0 Å². The van der Waals surface area contributed by atoms with Crippen LogP contribution in [-0.2, 0) is 9.59 Å². The summed E-state index contributed by atoms with van der Waals surface area (Å²) >= 11 is 0. The first-order valence-corrected chi connectivity index (χ1v) is 9.38. The summed E-state index contributed by atoms with van der Waals surface area (Å²) in [7, 11) is 1.59. The molecule has 0 aliphatic carbocycles. The standard InChI is InChI=1S/C21H22N2O6/c1-26-16-3-2-4-17(11-16)27-8-7-22-21(25)14-9-20(24)23(12-14)15-5-6-18-19(10-15)29-13-28-18/h2-6,10-11,14H,7-9,12-13H2,1H3,(H,22,25)/t14-/m0/s1. The summed E-state index contributed by atoms with van der Waals surface area (Å²) in [5.74, 6) is 2.00. The first-order chi connectivity index (χ1) is 14.1. The predicted molar refractivity (Wildman–Crippen MR) is 105 cm³/mol. The van der Waals surface area contributed by atoms with Gasteiger partial charge in [-0.3, -0.25) is 9.59 Å². The second kappa shape index (κ2) is 8.30. The summed E-state index contributed by atoms with van der Waals surface area (Å²) in [5, 5.41) is 2.84. The number of amides is 2. The lowest BCUT2D eigenvalue weighted by Crippen LogP contribution is -2.35. The Balaban J connectivity index is 1.27. The van der Waals surface area contributed by atoms with Gasteiger partial charge in [-0.1, -0.05) is 6.07 Å². The molecule has 152 valence electrons. The van der Waals surface area contributed by atoms with Crippen LogP contribution in [0.5, 0.6) is 23.0 Å². The minimum atomic E-state index is -0.398. The van der Waals surface area contributed by atoms with E-state index < -0.39 is 5.92 Å². The molecule has 4 rings (SSSR count). The molecular formula is C21H22N2O6. The topological polar surface area (TPSA) is 86.3 Å². The summed E-state index contributed by atoms with van der Waals surface area (Å²) in [6, 6.07) is 12.6. The molecule has 1 atom stereocenters. The van der Waals surface area contributed by atoms with Crippen LogP contribution in [0.3, 0.4) is 0 Å². The van der Waals surface area contributed by atoms with Crippen molar-refractivity contribution in [3.8, 4) is 23.0 Å². The highest BCUT2D eigenvalue weighted by molar-refractivity contribution is 6.00. The molecule has 1 saturated heterocycles. The number of carbonyl (C=O) groups is 2. The van der Waals surface area contributed by atoms with Gasteiger partial charge in [-0.2, -0.15) is 0 Å². The van der Waals surface area contributed by atoms with Gasteiger partial charge in [-0.25, -0.2) is 0 Å². The summed E-state index contributed by atoms with van der Waals surface area (Å²) in [4.78, 5) is 26.5. The Morgan fingerprint density at radius 3 is 2.86 bits per heavy atom. The fourth-order valence-electron chi connectivity index (χ4n) is 3.36. The molecule has 8 heteroatoms. The van der Waals surface area contributed by atoms with Gasteiger partial charge in [-0.05, 0) is 24.3 Å². The Bertz CT molecular complexity index is 916. The van der Waals surface area contributed by atoms with E-state index in [0.717, 1.165) is 0 Å². The molecule has 2 heterocycles. The Hall–Kier alpha value is -3.42. The van der Waals surface area contributed by atoms with Crippen LogP contribution >= 0.6 is 0 Å². The Morgan fingerprint density at radius 2 is 2.00 bits per heavy atom. The number of hydrogen-bond donors (Lipinski definition) is 1. The number of benzene rings is 2. The summed E-state index contributed by atoms with van der Waals surface area (Å²) in [5.41, 5.74) is 0.705. The van der Waals surface area contributed by atoms with E-state index >= 15 is 0 Å². The minimum absolute atomic E-state index is 0.0864. The van der Waals surface area contributed by atoms with Gasteiger partial charge in [0.2, 0.25) is 18.6 Å². The highest BCUT2D eigenvalue weighted by atomic mass is 16.7. The predicted octanol–water partition coefficient (Wildman–Crippen LogP) is 1.97. The molecule has 29 heavy (non-hydrogen) atoms. The molecule has 2 amide bonds. The van der Waals surface area contributed by atoms with Gasteiger partial charge in [-0.15, -0.1) is 0 Å². The first kappa shape index (κ1) is 18.9. The maximum Gasteiger partial charge on any atom is 0.231 e. The number of methoxy groups -OCH3 is 1. The Labute approximate surface area is 168 Å². The van der Waals surface area contributed by atoms with Gasteiger partial charge in [0.1, 0.15) is 18.1 Å². The average Bonchev–Trinajstić information content (AvgIpc) is 3.37. The number of carbonyl (C=O) groups excluding carboxylic acids is 2. The quantitative estimate of drug-likeness (QED) is 0.718. The van der Waals surface area contributed by atoms with E-state index in [-0.39, 0.29) is 25.0 Å². The molecule has 0 spiro atoms. The lowest BCUT2D eigenvalue weighted by Gasteiger charge is -2.17. The molecule has 2 aliphatic rings. The zero-order chi connectivity index (χ0) is 20.2. The van der Waals surface area contributed by atoms with E-state index in [9.17, 15) is 9.59 Å². The van der Waals surface area contributed by atoms with Crippen molar-refractivity contribution in [1.82, 2.24) is 5.32 Å². The van der Waals surface area contributed by atoms with Gasteiger partial charge in [0, 0.05) is 30.8 Å². The van der Waals surface area contributed by atoms with E-state index in [1.165, 1.54) is 0 Å². The van der Waals surface area contributed by atoms with Crippen molar-refractivity contribution in [3.05, 3.63) is 42.5 Å². The molecule has 0 radical (unpaired) electrons. The second-order valence-electron chi connectivity index (χ2n) is 6.76. The average molecular weight is 398 g/mol. The molecule has 2 aromatic carbocycles. The molecule has 0 bridgehead atoms. The van der Waals surface area contributed by atoms with Crippen molar-refractivity contribution in [2.45, 2.75) is 6.42 Å². The lowest BCUT2D eigenvalue weighted by molar-refractivity contribution is -0.126. The van der Waals surface area contributed by atoms with E-state index in [0.29, 0.717) is 48.4 Å². The number of rotatable bonds is 7. The van der Waals surface area contributed by atoms with Crippen molar-refractivity contribution in [2.75, 3.05) is 38.5 Å². The fraction of sp³-hybridized carbons (Fsp3) is 0.333. The SMILES string of the molecule is COc1cccc(OCCNC(=O)[C@H]2CC(=O)N(c3ccc4c(c3)OCO4)C2)c1. The highest BCUT2D eigenvalue weighted by Crippen LogP contribution is 2.37. The van der Waals surface area contributed by atoms with Crippen molar-refractivity contribution in [1.29, 1.82) is 0 Å². The van der Waals surface area contributed by atoms with Gasteiger partial charge >= 0.3 is 0 Å². The highest BCUT2D eigenvalue weighted by Gasteiger charge is 2.35. The molecule has 0 saturated carbocycles. The van der Waals surface area contributed by atoms with Crippen LogP contribution in [0.15, 0.2) is 42.5 Å². The zero-order valence-corrected chi connectivity index (χ0v) is 16.1. The van der Waals surface area contributed by atoms with E-state index in [2.05, 4.69) is 5.32 Å². The van der Waals surface area contributed by atoms with Gasteiger partial charge in [0.25, 0.3) is 0 Å². The van der Waals surface area contributed by atoms with Crippen LogP contribution in [0.2, 0.25) is 0 Å². The van der Waals surface area contributed by atoms with E-state index in [1.807, 2.05) is 18.2 Å². The summed E-state index contributed by atoms with van der Waals surface area (Å²) in [6.45, 7) is 1.19. The minimum Gasteiger partial charge on any atom is -0.497 e. The van der Waals surface area contributed by atoms with Gasteiger partial charge in [0.15, 0.2) is 11.5 Å². The maximum absolute atomic E-state index is 12.5. The Kier molecular flexibility index (Phi) is 5.41. The third-order valence-corrected chi connectivity index (χ3v) is 4.87. The van der Waals surface area contributed by atoms with E-state index in [1.54, 1.807) is 36.3 Å². The van der Waals surface area contributed by atoms with Crippen LogP contribution in [0.4, 0.5) is 5.69 Å². The molecule has 2 aromatic rings. The summed E-state index contributed by atoms with van der Waals surface area (Å²) < 4.78 is 21.4. The van der Waals surface area contributed by atoms with Crippen molar-refractivity contribution < 1.29 is 28.5 Å². The molecule has 1 fully saturated rings. The van der Waals surface area contributed by atoms with Crippen LogP contribution in [0, 0.1) is 5.92 Å². The lowest BCUT2D eigenvalue weighted by atomic mass is 10.1. The third-order valence-electron chi connectivity index (χ3n) is 4.87. The monoisotopic (exact) mass is 398 g/mol. The number of hydrogen-bond acceptors (Lipinski definition) is 6. The number of anilines is 1. The number of nitrogens with zero attached hydrogens (tertiary/aromatic N) is 1. The molecule has 8 nitrogen and oxygen atoms in total. The van der Waals surface area contributed by atoms with Crippen LogP contribution < -0.4 is 29.2 Å². The smallest absolute Gasteiger partial charge is 0.231 e. The molecule has 1 N–H and O–H groups in total. The van der Waals surface area contributed by atoms with Crippen molar-refractivity contribution in [2.24, 2.45) is 5.92 Å². The van der Waals surface area contributed by atoms with E-state index in [4.69, 9.17) is 18.9 Å². The largest absolute Gasteiger partial charge is 0.497 e. The maximum atomic E-state index is 12.5. The summed E-state index contributed by atoms with van der Waals surface area (Å²) in [6.07, 6.45) is 0.178. The first-order valence-electron chi connectivity index (χ1n) is 9.38. The third kappa shape index (κ3) is 4.21. The fourth-order valence-corrected chi connectivity index (χ4v) is 3.36. The van der Waals surface area contributed by atoms with Gasteiger partial charge < -0.3 is 29.2 Å². The number of nitrogens with one attached hydrogen (secondary N) is 1. The van der Waals surface area contributed by atoms with Crippen molar-refractivity contribution in [3.63, 3.8) is 0 Å². The number of ether oxygens (including phenoxy) is 4. The molecular weight excluding hydrogens is 376 g/mol. The van der Waals surface area contributed by atoms with Crippen LogP contribution in [0.1, 0.15) is 6.42 Å². The molecule has 0 unspecified atom stereocenters. The normalized spacial score (nSPS) is 17.3. The zero-order valence-electron chi connectivity index (χ0n) is 16.1. The number of fused-ring (bicyclic) bond motifs is 1. The Morgan fingerprint density at radius 1 is 1.17 bits per heavy atom. The molecule has 2 aliphatic heterocycles. The second-order valence-corrected chi connectivity index (χ2v) is 6.76. The van der Waals surface area contributed by atoms with Gasteiger partial charge in [0.05, 0.1) is 19.6 Å². The molecule has 0 aromatic heterocycles. The van der Waals surface area contributed by atoms with Crippen molar-refractivity contribution >= 4 is 17.5 Å². The van der Waals surface area contributed by atoms with Crippen LogP contribution in [-0.4, -0.2) is 45.4 Å².